The molecule has 0 aliphatic carbocycles. The molecule has 0 saturated carbocycles. The summed E-state index contributed by atoms with van der Waals surface area (Å²) >= 11 is 0. The van der Waals surface area contributed by atoms with E-state index in [1.807, 2.05) is 0 Å². The average Bonchev–Trinajstić information content (AvgIpc) is 2.73. The van der Waals surface area contributed by atoms with Gasteiger partial charge in [-0.3, -0.25) is 0 Å². The minimum absolute atomic E-state index is 0.145. The Kier molecular flexibility index (Phi) is 9.27. The van der Waals surface area contributed by atoms with Gasteiger partial charge in [-0.1, -0.05) is 0 Å². The highest BCUT2D eigenvalue weighted by atomic mass is 16.7. The monoisotopic (exact) mass is 456 g/mol. The Morgan fingerprint density at radius 3 is 1.87 bits per heavy atom. The zero-order valence-electron chi connectivity index (χ0n) is 17.3. The van der Waals surface area contributed by atoms with E-state index in [4.69, 9.17) is 18.9 Å². The van der Waals surface area contributed by atoms with Gasteiger partial charge >= 0.3 is 0 Å². The van der Waals surface area contributed by atoms with Crippen LogP contribution in [-0.2, 0) is 23.7 Å². The molecule has 0 bridgehead atoms. The molecule has 0 aromatic rings. The Balaban J connectivity index is 2.05. The topological polar surface area (TPSA) is 216 Å². The van der Waals surface area contributed by atoms with E-state index in [0.717, 1.165) is 0 Å². The summed E-state index contributed by atoms with van der Waals surface area (Å²) < 4.78 is 21.5. The summed E-state index contributed by atoms with van der Waals surface area (Å²) in [5.41, 5.74) is 0. The van der Waals surface area contributed by atoms with E-state index in [9.17, 15) is 45.6 Å². The maximum atomic E-state index is 11.3. The van der Waals surface area contributed by atoms with Crippen molar-refractivity contribution in [3.63, 3.8) is 0 Å². The molecular weight excluding hydrogens is 424 g/mol. The van der Waals surface area contributed by atoms with Crippen molar-refractivity contribution in [2.75, 3.05) is 0 Å². The third-order valence-corrected chi connectivity index (χ3v) is 5.48. The van der Waals surface area contributed by atoms with E-state index in [1.54, 1.807) is 0 Å². The van der Waals surface area contributed by atoms with Crippen LogP contribution in [0, 0.1) is 0 Å². The maximum Gasteiger partial charge on any atom is 0.187 e. The zero-order chi connectivity index (χ0) is 23.6. The molecule has 0 aromatic heterocycles. The van der Waals surface area contributed by atoms with Gasteiger partial charge in [0.2, 0.25) is 0 Å². The lowest BCUT2D eigenvalue weighted by Crippen LogP contribution is -2.63. The van der Waals surface area contributed by atoms with Gasteiger partial charge < -0.3 is 64.6 Å². The Bertz CT molecular complexity index is 577. The van der Waals surface area contributed by atoms with Gasteiger partial charge in [0.25, 0.3) is 0 Å². The first-order chi connectivity index (χ1) is 14.4. The van der Waals surface area contributed by atoms with E-state index in [1.165, 1.54) is 20.8 Å². The van der Waals surface area contributed by atoms with Crippen LogP contribution in [0.25, 0.3) is 0 Å². The van der Waals surface area contributed by atoms with Crippen LogP contribution >= 0.6 is 0 Å². The Hall–Kier alpha value is -0.810. The van der Waals surface area contributed by atoms with E-state index >= 15 is 0 Å². The number of aliphatic hydroxyl groups excluding tert-OH is 8. The summed E-state index contributed by atoms with van der Waals surface area (Å²) in [6.45, 7) is 4.06. The highest BCUT2D eigenvalue weighted by Crippen LogP contribution is 2.30. The van der Waals surface area contributed by atoms with Gasteiger partial charge in [0.05, 0.1) is 18.3 Å². The van der Waals surface area contributed by atoms with Crippen molar-refractivity contribution < 1.29 is 64.6 Å². The van der Waals surface area contributed by atoms with Crippen molar-refractivity contribution in [1.29, 1.82) is 0 Å². The Morgan fingerprint density at radius 1 is 0.774 bits per heavy atom. The van der Waals surface area contributed by atoms with Crippen LogP contribution in [0.3, 0.4) is 0 Å². The minimum Gasteiger partial charge on any atom is -0.391 e. The summed E-state index contributed by atoms with van der Waals surface area (Å²) in [5.74, 6) is 0. The first-order valence-electron chi connectivity index (χ1n) is 9.92. The predicted molar refractivity (Wildman–Crippen MR) is 98.2 cm³/mol. The molecule has 0 unspecified atom stereocenters. The molecule has 31 heavy (non-hydrogen) atoms. The fraction of sp³-hybridized carbons (Fsp3) is 0.944. The molecular formula is C18H32O13. The predicted octanol–water partition coefficient (Wildman–Crippen LogP) is -4.65. The Morgan fingerprint density at radius 2 is 1.32 bits per heavy atom. The number of ether oxygens (including phenoxy) is 4. The van der Waals surface area contributed by atoms with Crippen molar-refractivity contribution in [1.82, 2.24) is 0 Å². The maximum absolute atomic E-state index is 11.3. The van der Waals surface area contributed by atoms with Crippen LogP contribution in [0.15, 0.2) is 0 Å². The fourth-order valence-corrected chi connectivity index (χ4v) is 3.41. The van der Waals surface area contributed by atoms with Gasteiger partial charge in [0.15, 0.2) is 18.9 Å². The van der Waals surface area contributed by atoms with E-state index < -0.39 is 85.8 Å². The van der Waals surface area contributed by atoms with Crippen molar-refractivity contribution >= 4 is 6.29 Å². The van der Waals surface area contributed by atoms with Crippen LogP contribution in [-0.4, -0.2) is 133 Å². The van der Waals surface area contributed by atoms with E-state index in [2.05, 4.69) is 0 Å². The molecule has 0 aromatic carbocycles. The minimum atomic E-state index is -1.84. The van der Waals surface area contributed by atoms with E-state index in [-0.39, 0.29) is 6.29 Å². The fourth-order valence-electron chi connectivity index (χ4n) is 3.41. The number of hydrogen-bond acceptors (Lipinski definition) is 13. The first-order valence-corrected chi connectivity index (χ1v) is 9.92. The molecule has 182 valence electrons. The summed E-state index contributed by atoms with van der Waals surface area (Å²) in [6, 6.07) is 0. The molecule has 2 heterocycles. The first kappa shape index (κ1) is 26.4. The van der Waals surface area contributed by atoms with Crippen LogP contribution in [0.5, 0.6) is 0 Å². The van der Waals surface area contributed by atoms with Gasteiger partial charge in [0.1, 0.15) is 54.9 Å². The van der Waals surface area contributed by atoms with Gasteiger partial charge in [-0.25, -0.2) is 0 Å². The molecule has 14 atom stereocenters. The summed E-state index contributed by atoms with van der Waals surface area (Å²) in [4.78, 5) is 11.3. The van der Waals surface area contributed by atoms with Crippen molar-refractivity contribution in [2.24, 2.45) is 0 Å². The van der Waals surface area contributed by atoms with Crippen molar-refractivity contribution in [3.05, 3.63) is 0 Å². The molecule has 8 N–H and O–H groups in total. The summed E-state index contributed by atoms with van der Waals surface area (Å²) in [7, 11) is 0. The second-order valence-corrected chi connectivity index (χ2v) is 7.93. The molecule has 2 fully saturated rings. The van der Waals surface area contributed by atoms with Crippen molar-refractivity contribution in [3.8, 4) is 0 Å². The zero-order valence-corrected chi connectivity index (χ0v) is 17.3. The number of aliphatic hydroxyl groups is 8. The molecule has 0 amide bonds. The van der Waals surface area contributed by atoms with Crippen LogP contribution in [0.1, 0.15) is 20.8 Å². The van der Waals surface area contributed by atoms with Crippen molar-refractivity contribution in [2.45, 2.75) is 107 Å². The standard InChI is InChI=1S/C18H32O13/c1-5(20)9(21)11(23)8(4-19)30-17-15(27)13(25)16(7(3)29-17)31-18-14(26)12(24)10(22)6(2)28-18/h4-18,20-27H,1-3H3/t5-,6-,7-,8-,9-,10-,11-,12+,13-,14+,15+,16-,17+,18+/m0/s1. The summed E-state index contributed by atoms with van der Waals surface area (Å²) in [5, 5.41) is 79.6. The lowest BCUT2D eigenvalue weighted by atomic mass is 9.97. The third-order valence-electron chi connectivity index (χ3n) is 5.48. The lowest BCUT2D eigenvalue weighted by molar-refractivity contribution is -0.356. The number of carbonyl (C=O) groups is 1. The van der Waals surface area contributed by atoms with Gasteiger partial charge in [-0.05, 0) is 20.8 Å². The number of rotatable bonds is 8. The van der Waals surface area contributed by atoms with Crippen LogP contribution < -0.4 is 0 Å². The molecule has 2 rings (SSSR count). The molecule has 2 aliphatic heterocycles. The molecule has 2 aliphatic rings. The highest BCUT2D eigenvalue weighted by Gasteiger charge is 2.50. The largest absolute Gasteiger partial charge is 0.391 e. The molecule has 0 radical (unpaired) electrons. The normalized spacial score (nSPS) is 45.5. The van der Waals surface area contributed by atoms with Gasteiger partial charge in [-0.15, -0.1) is 0 Å². The molecule has 2 saturated heterocycles. The van der Waals surface area contributed by atoms with Crippen LogP contribution in [0.2, 0.25) is 0 Å². The Labute approximate surface area is 178 Å². The second kappa shape index (κ2) is 10.9. The number of carbonyl (C=O) groups excluding carboxylic acids is 1. The molecule has 13 heteroatoms. The third kappa shape index (κ3) is 5.76. The number of aldehydes is 1. The molecule has 0 spiro atoms. The quantitative estimate of drug-likeness (QED) is 0.161. The smallest absolute Gasteiger partial charge is 0.187 e. The average molecular weight is 456 g/mol. The lowest BCUT2D eigenvalue weighted by Gasteiger charge is -2.45. The van der Waals surface area contributed by atoms with Crippen LogP contribution in [0.4, 0.5) is 0 Å². The SMILES string of the molecule is C[C@H](O)[C@H](O)[C@@H](O)[C@H](C=O)O[C@H]1O[C@@H](C)[C@H](O[C@H]2O[C@@H](C)[C@H](O)[C@@H](O)[C@H]2O)[C@@H](O)[C@H]1O. The van der Waals surface area contributed by atoms with Gasteiger partial charge in [-0.2, -0.15) is 0 Å². The highest BCUT2D eigenvalue weighted by molar-refractivity contribution is 5.57. The summed E-state index contributed by atoms with van der Waals surface area (Å²) in [6.07, 6.45) is -20.7. The van der Waals surface area contributed by atoms with E-state index in [0.29, 0.717) is 0 Å². The number of hydrogen-bond donors (Lipinski definition) is 8. The van der Waals surface area contributed by atoms with Gasteiger partial charge in [0, 0.05) is 0 Å². The molecule has 13 nitrogen and oxygen atoms in total. The second-order valence-electron chi connectivity index (χ2n) is 7.93.